The summed E-state index contributed by atoms with van der Waals surface area (Å²) in [5, 5.41) is 10.3. The monoisotopic (exact) mass is 341 g/mol. The summed E-state index contributed by atoms with van der Waals surface area (Å²) in [5.74, 6) is 1.51. The minimum atomic E-state index is 0.414. The van der Waals surface area contributed by atoms with Gasteiger partial charge in [-0.1, -0.05) is 11.6 Å². The molecule has 0 bridgehead atoms. The standard InChI is InChI=1S/C18H20ClN5/c1-2-23-12-21-22-18(23)13-4-3-9-24(11-13)17-7-8-20-16-10-14(19)5-6-15(16)17/h5-8,10,12-13H,2-4,9,11H2,1H3/t13-/m0/s1. The lowest BCUT2D eigenvalue weighted by Crippen LogP contribution is -2.35. The van der Waals surface area contributed by atoms with Gasteiger partial charge in [0.05, 0.1) is 5.52 Å². The summed E-state index contributed by atoms with van der Waals surface area (Å²) in [4.78, 5) is 6.90. The number of nitrogens with zero attached hydrogens (tertiary/aromatic N) is 5. The van der Waals surface area contributed by atoms with E-state index in [1.807, 2.05) is 24.7 Å². The van der Waals surface area contributed by atoms with Crippen LogP contribution in [-0.2, 0) is 6.54 Å². The predicted octanol–water partition coefficient (Wildman–Crippen LogP) is 3.88. The molecule has 4 rings (SSSR count). The third kappa shape index (κ3) is 2.73. The third-order valence-corrected chi connectivity index (χ3v) is 5.03. The summed E-state index contributed by atoms with van der Waals surface area (Å²) in [7, 11) is 0. The predicted molar refractivity (Wildman–Crippen MR) is 96.6 cm³/mol. The van der Waals surface area contributed by atoms with Crippen molar-refractivity contribution in [1.29, 1.82) is 0 Å². The minimum Gasteiger partial charge on any atom is -0.370 e. The van der Waals surface area contributed by atoms with Gasteiger partial charge in [0, 0.05) is 47.8 Å². The molecule has 3 aromatic rings. The van der Waals surface area contributed by atoms with Crippen LogP contribution in [0.1, 0.15) is 31.5 Å². The first kappa shape index (κ1) is 15.4. The maximum Gasteiger partial charge on any atom is 0.137 e. The third-order valence-electron chi connectivity index (χ3n) is 4.80. The van der Waals surface area contributed by atoms with E-state index < -0.39 is 0 Å². The molecule has 1 atom stereocenters. The van der Waals surface area contributed by atoms with Crippen LogP contribution >= 0.6 is 11.6 Å². The van der Waals surface area contributed by atoms with Crippen molar-refractivity contribution in [2.75, 3.05) is 18.0 Å². The van der Waals surface area contributed by atoms with Gasteiger partial charge in [0.15, 0.2) is 0 Å². The fraction of sp³-hybridized carbons (Fsp3) is 0.389. The molecule has 0 saturated carbocycles. The topological polar surface area (TPSA) is 46.8 Å². The van der Waals surface area contributed by atoms with Crippen LogP contribution in [0.3, 0.4) is 0 Å². The number of fused-ring (bicyclic) bond motifs is 1. The molecule has 1 aromatic carbocycles. The molecule has 6 heteroatoms. The Labute approximate surface area is 146 Å². The molecule has 0 amide bonds. The molecule has 5 nitrogen and oxygen atoms in total. The summed E-state index contributed by atoms with van der Waals surface area (Å²) in [5.41, 5.74) is 2.17. The Kier molecular flexibility index (Phi) is 4.10. The first-order chi connectivity index (χ1) is 11.8. The lowest BCUT2D eigenvalue weighted by molar-refractivity contribution is 0.474. The van der Waals surface area contributed by atoms with E-state index in [9.17, 15) is 0 Å². The van der Waals surface area contributed by atoms with Crippen LogP contribution in [0.2, 0.25) is 5.02 Å². The Balaban J connectivity index is 1.67. The van der Waals surface area contributed by atoms with Gasteiger partial charge in [0.25, 0.3) is 0 Å². The Bertz CT molecular complexity index is 859. The van der Waals surface area contributed by atoms with Crippen molar-refractivity contribution < 1.29 is 0 Å². The molecule has 0 unspecified atom stereocenters. The maximum atomic E-state index is 6.11. The van der Waals surface area contributed by atoms with Crippen molar-refractivity contribution in [2.45, 2.75) is 32.2 Å². The van der Waals surface area contributed by atoms with Crippen molar-refractivity contribution in [3.05, 3.63) is 47.6 Å². The lowest BCUT2D eigenvalue weighted by Gasteiger charge is -2.34. The van der Waals surface area contributed by atoms with Gasteiger partial charge < -0.3 is 9.47 Å². The molecular weight excluding hydrogens is 322 g/mol. The van der Waals surface area contributed by atoms with Crippen molar-refractivity contribution >= 4 is 28.2 Å². The number of rotatable bonds is 3. The van der Waals surface area contributed by atoms with Crippen LogP contribution in [0.5, 0.6) is 0 Å². The van der Waals surface area contributed by atoms with Crippen LogP contribution in [0.4, 0.5) is 5.69 Å². The van der Waals surface area contributed by atoms with Crippen molar-refractivity contribution in [2.24, 2.45) is 0 Å². The van der Waals surface area contributed by atoms with Crippen molar-refractivity contribution in [1.82, 2.24) is 19.7 Å². The smallest absolute Gasteiger partial charge is 0.137 e. The van der Waals surface area contributed by atoms with Crippen molar-refractivity contribution in [3.8, 4) is 0 Å². The molecule has 0 radical (unpaired) electrons. The van der Waals surface area contributed by atoms with Crippen LogP contribution in [0.15, 0.2) is 36.8 Å². The van der Waals surface area contributed by atoms with Crippen LogP contribution in [-0.4, -0.2) is 32.8 Å². The Hall–Kier alpha value is -2.14. The largest absolute Gasteiger partial charge is 0.370 e. The van der Waals surface area contributed by atoms with Gasteiger partial charge in [0.2, 0.25) is 0 Å². The molecule has 1 aliphatic heterocycles. The average molecular weight is 342 g/mol. The fourth-order valence-electron chi connectivity index (χ4n) is 3.61. The van der Waals surface area contributed by atoms with E-state index in [2.05, 4.69) is 43.7 Å². The number of hydrogen-bond acceptors (Lipinski definition) is 4. The summed E-state index contributed by atoms with van der Waals surface area (Å²) in [6, 6.07) is 8.03. The molecule has 0 spiro atoms. The number of halogens is 1. The van der Waals surface area contributed by atoms with Crippen LogP contribution < -0.4 is 4.90 Å². The van der Waals surface area contributed by atoms with E-state index in [1.165, 1.54) is 5.69 Å². The maximum absolute atomic E-state index is 6.11. The number of anilines is 1. The quantitative estimate of drug-likeness (QED) is 0.725. The molecule has 3 heterocycles. The van der Waals surface area contributed by atoms with E-state index in [0.717, 1.165) is 54.2 Å². The first-order valence-corrected chi connectivity index (χ1v) is 8.81. The second-order valence-corrected chi connectivity index (χ2v) is 6.69. The molecule has 24 heavy (non-hydrogen) atoms. The Morgan fingerprint density at radius 2 is 2.21 bits per heavy atom. The van der Waals surface area contributed by atoms with E-state index in [1.54, 1.807) is 0 Å². The zero-order valence-corrected chi connectivity index (χ0v) is 14.4. The number of piperidine rings is 1. The molecule has 0 aliphatic carbocycles. The number of benzene rings is 1. The highest BCUT2D eigenvalue weighted by molar-refractivity contribution is 6.31. The number of aryl methyl sites for hydroxylation is 1. The zero-order valence-electron chi connectivity index (χ0n) is 13.7. The Morgan fingerprint density at radius 3 is 3.08 bits per heavy atom. The Morgan fingerprint density at radius 1 is 1.29 bits per heavy atom. The van der Waals surface area contributed by atoms with Crippen LogP contribution in [0, 0.1) is 0 Å². The molecular formula is C18H20ClN5. The van der Waals surface area contributed by atoms with Gasteiger partial charge >= 0.3 is 0 Å². The van der Waals surface area contributed by atoms with Gasteiger partial charge in [-0.3, -0.25) is 4.98 Å². The van der Waals surface area contributed by atoms with Gasteiger partial charge in [-0.15, -0.1) is 10.2 Å². The normalized spacial score (nSPS) is 18.2. The first-order valence-electron chi connectivity index (χ1n) is 8.43. The number of hydrogen-bond donors (Lipinski definition) is 0. The molecule has 0 N–H and O–H groups in total. The van der Waals surface area contributed by atoms with Crippen molar-refractivity contribution in [3.63, 3.8) is 0 Å². The van der Waals surface area contributed by atoms with E-state index in [0.29, 0.717) is 5.92 Å². The second kappa shape index (κ2) is 6.40. The summed E-state index contributed by atoms with van der Waals surface area (Å²) >= 11 is 6.11. The number of pyridine rings is 1. The highest BCUT2D eigenvalue weighted by atomic mass is 35.5. The molecule has 1 aliphatic rings. The molecule has 124 valence electrons. The van der Waals surface area contributed by atoms with E-state index in [-0.39, 0.29) is 0 Å². The highest BCUT2D eigenvalue weighted by Gasteiger charge is 2.26. The summed E-state index contributed by atoms with van der Waals surface area (Å²) in [6.07, 6.45) is 6.01. The van der Waals surface area contributed by atoms with Gasteiger partial charge in [-0.05, 0) is 44.0 Å². The average Bonchev–Trinajstić information content (AvgIpc) is 3.10. The summed E-state index contributed by atoms with van der Waals surface area (Å²) in [6.45, 7) is 5.06. The highest BCUT2D eigenvalue weighted by Crippen LogP contribution is 2.33. The van der Waals surface area contributed by atoms with Gasteiger partial charge in [0.1, 0.15) is 12.2 Å². The fourth-order valence-corrected chi connectivity index (χ4v) is 3.78. The van der Waals surface area contributed by atoms with E-state index in [4.69, 9.17) is 11.6 Å². The van der Waals surface area contributed by atoms with E-state index >= 15 is 0 Å². The molecule has 2 aromatic heterocycles. The van der Waals surface area contributed by atoms with Crippen LogP contribution in [0.25, 0.3) is 10.9 Å². The molecule has 1 saturated heterocycles. The number of aromatic nitrogens is 4. The molecule has 1 fully saturated rings. The zero-order chi connectivity index (χ0) is 16.5. The van der Waals surface area contributed by atoms with Gasteiger partial charge in [-0.25, -0.2) is 0 Å². The second-order valence-electron chi connectivity index (χ2n) is 6.25. The lowest BCUT2D eigenvalue weighted by atomic mass is 9.96. The SMILES string of the molecule is CCn1cnnc1[C@H]1CCCN(c2ccnc3cc(Cl)ccc23)C1. The summed E-state index contributed by atoms with van der Waals surface area (Å²) < 4.78 is 2.15. The van der Waals surface area contributed by atoms with Gasteiger partial charge in [-0.2, -0.15) is 0 Å². The minimum absolute atomic E-state index is 0.414.